The Hall–Kier alpha value is -4.32. The molecule has 32 heavy (non-hydrogen) atoms. The van der Waals surface area contributed by atoms with Gasteiger partial charge in [-0.25, -0.2) is 4.79 Å². The molecule has 0 fully saturated rings. The second-order valence-corrected chi connectivity index (χ2v) is 7.21. The average molecular weight is 426 g/mol. The Bertz CT molecular complexity index is 1270. The molecule has 3 aromatic carbocycles. The number of aromatic nitrogens is 1. The Kier molecular flexibility index (Phi) is 6.32. The highest BCUT2D eigenvalue weighted by Crippen LogP contribution is 2.23. The molecule has 4 aromatic rings. The van der Waals surface area contributed by atoms with Crippen LogP contribution >= 0.6 is 0 Å². The van der Waals surface area contributed by atoms with Crippen LogP contribution in [-0.2, 0) is 13.2 Å². The molecular formula is C26H22N2O4. The lowest BCUT2D eigenvalue weighted by Crippen LogP contribution is -2.24. The molecule has 6 nitrogen and oxygen atoms in total. The van der Waals surface area contributed by atoms with Crippen LogP contribution in [0.15, 0.2) is 102 Å². The molecule has 1 amide bonds. The molecule has 0 aliphatic rings. The third kappa shape index (κ3) is 5.05. The summed E-state index contributed by atoms with van der Waals surface area (Å²) in [6.07, 6.45) is 0.459. The molecule has 0 spiro atoms. The van der Waals surface area contributed by atoms with E-state index in [1.54, 1.807) is 10.8 Å². The van der Waals surface area contributed by atoms with Crippen molar-refractivity contribution < 1.29 is 14.6 Å². The Morgan fingerprint density at radius 2 is 1.56 bits per heavy atom. The molecule has 1 heterocycles. The van der Waals surface area contributed by atoms with E-state index >= 15 is 0 Å². The standard InChI is InChI=1S/C26H22N2O4/c29-24-15-23(16-27-26(30)31)28(17-25(24)32-18-19-8-3-1-4-9-19)22-13-7-12-21(14-22)20-10-5-2-6-11-20/h1-15,17,27H,16,18H2,(H,30,31). The molecule has 2 N–H and O–H groups in total. The van der Waals surface area contributed by atoms with Crippen molar-refractivity contribution in [1.29, 1.82) is 0 Å². The number of carbonyl (C=O) groups is 1. The Morgan fingerprint density at radius 1 is 0.875 bits per heavy atom. The third-order valence-electron chi connectivity index (χ3n) is 4.99. The number of ether oxygens (including phenoxy) is 1. The highest BCUT2D eigenvalue weighted by atomic mass is 16.5. The lowest BCUT2D eigenvalue weighted by Gasteiger charge is -2.17. The number of rotatable bonds is 7. The van der Waals surface area contributed by atoms with Crippen LogP contribution in [0.2, 0.25) is 0 Å². The molecule has 160 valence electrons. The van der Waals surface area contributed by atoms with Crippen molar-refractivity contribution in [3.05, 3.63) is 119 Å². The number of benzene rings is 3. The van der Waals surface area contributed by atoms with E-state index in [1.807, 2.05) is 84.9 Å². The van der Waals surface area contributed by atoms with E-state index in [0.717, 1.165) is 22.4 Å². The van der Waals surface area contributed by atoms with Gasteiger partial charge in [-0.05, 0) is 28.8 Å². The fourth-order valence-electron chi connectivity index (χ4n) is 3.41. The third-order valence-corrected chi connectivity index (χ3v) is 4.99. The number of nitrogens with zero attached hydrogens (tertiary/aromatic N) is 1. The minimum absolute atomic E-state index is 0.0148. The van der Waals surface area contributed by atoms with Crippen LogP contribution in [0.4, 0.5) is 4.79 Å². The van der Waals surface area contributed by atoms with Crippen LogP contribution in [0.3, 0.4) is 0 Å². The Balaban J connectivity index is 1.72. The normalized spacial score (nSPS) is 10.5. The maximum atomic E-state index is 12.7. The summed E-state index contributed by atoms with van der Waals surface area (Å²) in [4.78, 5) is 23.7. The molecule has 0 aliphatic carbocycles. The molecule has 0 radical (unpaired) electrons. The van der Waals surface area contributed by atoms with E-state index in [4.69, 9.17) is 9.84 Å². The van der Waals surface area contributed by atoms with Crippen LogP contribution in [-0.4, -0.2) is 15.8 Å². The number of carboxylic acid groups (broad SMARTS) is 1. The van der Waals surface area contributed by atoms with Crippen LogP contribution in [0, 0.1) is 0 Å². The van der Waals surface area contributed by atoms with Gasteiger partial charge >= 0.3 is 6.09 Å². The van der Waals surface area contributed by atoms with Gasteiger partial charge < -0.3 is 19.7 Å². The second kappa shape index (κ2) is 9.66. The first-order valence-electron chi connectivity index (χ1n) is 10.1. The van der Waals surface area contributed by atoms with Crippen LogP contribution in [0.25, 0.3) is 16.8 Å². The Labute approximate surface area is 185 Å². The summed E-state index contributed by atoms with van der Waals surface area (Å²) < 4.78 is 7.59. The zero-order valence-electron chi connectivity index (χ0n) is 17.3. The van der Waals surface area contributed by atoms with E-state index in [2.05, 4.69) is 5.32 Å². The van der Waals surface area contributed by atoms with Crippen LogP contribution in [0.5, 0.6) is 5.75 Å². The lowest BCUT2D eigenvalue weighted by molar-refractivity contribution is 0.193. The van der Waals surface area contributed by atoms with Gasteiger partial charge in [-0.1, -0.05) is 72.8 Å². The first-order valence-corrected chi connectivity index (χ1v) is 10.1. The largest absolute Gasteiger partial charge is 0.483 e. The summed E-state index contributed by atoms with van der Waals surface area (Å²) in [6, 6.07) is 28.8. The van der Waals surface area contributed by atoms with Crippen molar-refractivity contribution in [2.75, 3.05) is 0 Å². The monoisotopic (exact) mass is 426 g/mol. The van der Waals surface area contributed by atoms with Crippen molar-refractivity contribution in [3.8, 4) is 22.6 Å². The highest BCUT2D eigenvalue weighted by Gasteiger charge is 2.12. The zero-order chi connectivity index (χ0) is 22.3. The van der Waals surface area contributed by atoms with Crippen molar-refractivity contribution in [1.82, 2.24) is 9.88 Å². The summed E-state index contributed by atoms with van der Waals surface area (Å²) in [5.41, 5.74) is 4.00. The lowest BCUT2D eigenvalue weighted by atomic mass is 10.1. The van der Waals surface area contributed by atoms with Crippen molar-refractivity contribution in [3.63, 3.8) is 0 Å². The molecular weight excluding hydrogens is 404 g/mol. The fourth-order valence-corrected chi connectivity index (χ4v) is 3.41. The van der Waals surface area contributed by atoms with Gasteiger partial charge in [-0.15, -0.1) is 0 Å². The molecule has 0 saturated heterocycles. The van der Waals surface area contributed by atoms with Gasteiger partial charge in [-0.2, -0.15) is 0 Å². The number of hydrogen-bond acceptors (Lipinski definition) is 3. The van der Waals surface area contributed by atoms with Gasteiger partial charge in [0.05, 0.1) is 12.7 Å². The summed E-state index contributed by atoms with van der Waals surface area (Å²) in [6.45, 7) is 0.242. The van der Waals surface area contributed by atoms with Crippen molar-refractivity contribution in [2.24, 2.45) is 0 Å². The van der Waals surface area contributed by atoms with Crippen molar-refractivity contribution >= 4 is 6.09 Å². The van der Waals surface area contributed by atoms with Crippen LogP contribution < -0.4 is 15.5 Å². The minimum atomic E-state index is -1.16. The molecule has 0 aliphatic heterocycles. The predicted octanol–water partition coefficient (Wildman–Crippen LogP) is 4.85. The maximum Gasteiger partial charge on any atom is 0.404 e. The number of amides is 1. The topological polar surface area (TPSA) is 80.6 Å². The highest BCUT2D eigenvalue weighted by molar-refractivity contribution is 5.66. The molecule has 4 rings (SSSR count). The minimum Gasteiger partial charge on any atom is -0.483 e. The number of pyridine rings is 1. The molecule has 0 saturated carbocycles. The first kappa shape index (κ1) is 20.9. The van der Waals surface area contributed by atoms with Gasteiger partial charge in [0, 0.05) is 17.4 Å². The Morgan fingerprint density at radius 3 is 2.28 bits per heavy atom. The van der Waals surface area contributed by atoms with E-state index in [1.165, 1.54) is 6.07 Å². The van der Waals surface area contributed by atoms with Crippen molar-refractivity contribution in [2.45, 2.75) is 13.2 Å². The average Bonchev–Trinajstić information content (AvgIpc) is 2.83. The summed E-state index contributed by atoms with van der Waals surface area (Å²) >= 11 is 0. The second-order valence-electron chi connectivity index (χ2n) is 7.21. The summed E-state index contributed by atoms with van der Waals surface area (Å²) in [5, 5.41) is 11.4. The summed E-state index contributed by atoms with van der Waals surface area (Å²) in [7, 11) is 0. The quantitative estimate of drug-likeness (QED) is 0.443. The predicted molar refractivity (Wildman–Crippen MR) is 123 cm³/mol. The van der Waals surface area contributed by atoms with E-state index in [0.29, 0.717) is 5.69 Å². The first-order chi connectivity index (χ1) is 15.6. The van der Waals surface area contributed by atoms with E-state index in [9.17, 15) is 9.59 Å². The molecule has 0 atom stereocenters. The fraction of sp³-hybridized carbons (Fsp3) is 0.0769. The van der Waals surface area contributed by atoms with Gasteiger partial charge in [0.2, 0.25) is 5.43 Å². The van der Waals surface area contributed by atoms with E-state index in [-0.39, 0.29) is 24.3 Å². The van der Waals surface area contributed by atoms with Gasteiger partial charge in [0.1, 0.15) is 6.61 Å². The van der Waals surface area contributed by atoms with Gasteiger partial charge in [0.15, 0.2) is 5.75 Å². The molecule has 0 bridgehead atoms. The van der Waals surface area contributed by atoms with Gasteiger partial charge in [0.25, 0.3) is 0 Å². The van der Waals surface area contributed by atoms with Gasteiger partial charge in [-0.3, -0.25) is 4.79 Å². The molecule has 0 unspecified atom stereocenters. The maximum absolute atomic E-state index is 12.7. The number of hydrogen-bond donors (Lipinski definition) is 2. The smallest absolute Gasteiger partial charge is 0.404 e. The molecule has 6 heteroatoms. The van der Waals surface area contributed by atoms with E-state index < -0.39 is 6.09 Å². The SMILES string of the molecule is O=C(O)NCc1cc(=O)c(OCc2ccccc2)cn1-c1cccc(-c2ccccc2)c1. The van der Waals surface area contributed by atoms with Crippen LogP contribution in [0.1, 0.15) is 11.3 Å². The molecule has 1 aromatic heterocycles. The zero-order valence-corrected chi connectivity index (χ0v) is 17.3. The summed E-state index contributed by atoms with van der Waals surface area (Å²) in [5.74, 6) is 0.193. The number of nitrogens with one attached hydrogen (secondary N) is 1.